The molecule has 0 aliphatic heterocycles. The minimum Gasteiger partial charge on any atom is -0.462 e. The average molecular weight is 1100 g/mol. The molecule has 0 bridgehead atoms. The molecule has 0 N–H and O–H groups in total. The van der Waals surface area contributed by atoms with Gasteiger partial charge in [-0.05, 0) is 89.9 Å². The summed E-state index contributed by atoms with van der Waals surface area (Å²) in [5, 5.41) is 0. The first-order valence-electron chi connectivity index (χ1n) is 34.4. The molecule has 79 heavy (non-hydrogen) atoms. The third kappa shape index (κ3) is 65.5. The largest absolute Gasteiger partial charge is 0.462 e. The second-order valence-corrected chi connectivity index (χ2v) is 23.1. The molecule has 0 spiro atoms. The zero-order valence-corrected chi connectivity index (χ0v) is 52.6. The van der Waals surface area contributed by atoms with Crippen LogP contribution in [-0.2, 0) is 28.6 Å². The minimum atomic E-state index is -0.780. The highest BCUT2D eigenvalue weighted by Crippen LogP contribution is 2.18. The number of hydrogen-bond acceptors (Lipinski definition) is 6. The third-order valence-corrected chi connectivity index (χ3v) is 15.2. The topological polar surface area (TPSA) is 78.9 Å². The number of allylic oxidation sites excluding steroid dienone is 12. The molecule has 6 heteroatoms. The van der Waals surface area contributed by atoms with Crippen molar-refractivity contribution in [3.05, 3.63) is 72.9 Å². The number of carbonyl (C=O) groups excluding carboxylic acids is 3. The zero-order valence-electron chi connectivity index (χ0n) is 52.6. The summed E-state index contributed by atoms with van der Waals surface area (Å²) in [4.78, 5) is 38.2. The highest BCUT2D eigenvalue weighted by Gasteiger charge is 2.19. The quantitative estimate of drug-likeness (QED) is 0.0261. The Hall–Kier alpha value is -3.15. The highest BCUT2D eigenvalue weighted by molar-refractivity contribution is 5.71. The molecule has 0 aliphatic rings. The van der Waals surface area contributed by atoms with Crippen molar-refractivity contribution in [1.82, 2.24) is 0 Å². The Bertz CT molecular complexity index is 1450. The lowest BCUT2D eigenvalue weighted by molar-refractivity contribution is -0.167. The predicted octanol–water partition coefficient (Wildman–Crippen LogP) is 23.7. The summed E-state index contributed by atoms with van der Waals surface area (Å²) in [5.41, 5.74) is 0. The van der Waals surface area contributed by atoms with E-state index in [-0.39, 0.29) is 31.1 Å². The fourth-order valence-corrected chi connectivity index (χ4v) is 10.1. The monoisotopic (exact) mass is 1100 g/mol. The molecule has 0 aromatic heterocycles. The Balaban J connectivity index is 4.07. The van der Waals surface area contributed by atoms with Gasteiger partial charge in [0.15, 0.2) is 6.10 Å². The van der Waals surface area contributed by atoms with Crippen molar-refractivity contribution in [2.24, 2.45) is 0 Å². The van der Waals surface area contributed by atoms with E-state index < -0.39 is 6.10 Å². The lowest BCUT2D eigenvalue weighted by atomic mass is 10.0. The summed E-state index contributed by atoms with van der Waals surface area (Å²) < 4.78 is 16.9. The van der Waals surface area contributed by atoms with Gasteiger partial charge >= 0.3 is 17.9 Å². The van der Waals surface area contributed by atoms with Gasteiger partial charge in [0, 0.05) is 19.3 Å². The highest BCUT2D eigenvalue weighted by atomic mass is 16.6. The van der Waals surface area contributed by atoms with Crippen molar-refractivity contribution < 1.29 is 28.6 Å². The van der Waals surface area contributed by atoms with Crippen LogP contribution in [-0.4, -0.2) is 37.2 Å². The van der Waals surface area contributed by atoms with Crippen LogP contribution in [0, 0.1) is 0 Å². The number of unbranched alkanes of at least 4 members (excludes halogenated alkanes) is 40. The molecule has 0 aromatic carbocycles. The van der Waals surface area contributed by atoms with Crippen molar-refractivity contribution in [2.75, 3.05) is 13.2 Å². The van der Waals surface area contributed by atoms with Crippen LogP contribution in [0.1, 0.15) is 355 Å². The summed E-state index contributed by atoms with van der Waals surface area (Å²) in [5.74, 6) is -0.877. The molecule has 0 aromatic rings. The van der Waals surface area contributed by atoms with Crippen LogP contribution in [0.25, 0.3) is 0 Å². The Morgan fingerprint density at radius 3 is 0.772 bits per heavy atom. The maximum Gasteiger partial charge on any atom is 0.306 e. The van der Waals surface area contributed by atoms with E-state index in [4.69, 9.17) is 14.2 Å². The fraction of sp³-hybridized carbons (Fsp3) is 0.795. The molecule has 0 saturated carbocycles. The zero-order chi connectivity index (χ0) is 57.1. The maximum absolute atomic E-state index is 12.9. The van der Waals surface area contributed by atoms with Crippen LogP contribution in [0.2, 0.25) is 0 Å². The Kier molecular flexibility index (Phi) is 64.7. The van der Waals surface area contributed by atoms with Gasteiger partial charge < -0.3 is 14.2 Å². The number of ether oxygens (including phenoxy) is 3. The van der Waals surface area contributed by atoms with Gasteiger partial charge in [0.25, 0.3) is 0 Å². The van der Waals surface area contributed by atoms with Crippen molar-refractivity contribution in [3.63, 3.8) is 0 Å². The van der Waals surface area contributed by atoms with Crippen molar-refractivity contribution >= 4 is 17.9 Å². The van der Waals surface area contributed by atoms with Gasteiger partial charge in [-0.15, -0.1) is 0 Å². The summed E-state index contributed by atoms with van der Waals surface area (Å²) in [6, 6.07) is 0. The molecule has 0 saturated heterocycles. The van der Waals surface area contributed by atoms with Gasteiger partial charge in [-0.2, -0.15) is 0 Å². The molecule has 6 nitrogen and oxygen atoms in total. The van der Waals surface area contributed by atoms with Crippen LogP contribution in [0.15, 0.2) is 72.9 Å². The molecule has 0 fully saturated rings. The van der Waals surface area contributed by atoms with Crippen molar-refractivity contribution in [1.29, 1.82) is 0 Å². The van der Waals surface area contributed by atoms with Gasteiger partial charge in [0.05, 0.1) is 0 Å². The summed E-state index contributed by atoms with van der Waals surface area (Å²) in [6.45, 7) is 6.53. The van der Waals surface area contributed by atoms with E-state index in [1.165, 1.54) is 212 Å². The first kappa shape index (κ1) is 75.8. The first-order valence-corrected chi connectivity index (χ1v) is 34.4. The number of esters is 3. The van der Waals surface area contributed by atoms with Gasteiger partial charge in [-0.25, -0.2) is 0 Å². The fourth-order valence-electron chi connectivity index (χ4n) is 10.1. The van der Waals surface area contributed by atoms with Crippen LogP contribution in [0.5, 0.6) is 0 Å². The molecule has 1 atom stereocenters. The standard InChI is InChI=1S/C73H130O6/c1-4-7-10-13-16-19-21-23-25-27-29-30-31-32-33-34-35-36-37-38-39-40-41-42-44-45-47-49-51-54-57-60-63-66-72(75)78-69-70(68-77-71(74)65-62-59-56-53-18-15-12-9-6-3)79-73(76)67-64-61-58-55-52-50-48-46-43-28-26-24-22-20-17-14-11-8-5-2/h8,11,17,20-21,23-24,26-27,29,43,46,70H,4-7,9-10,12-16,18-19,22,25,28,30-42,44-45,47-69H2,1-3H3/b11-8-,20-17-,23-21-,26-24-,29-27-,46-43-. The van der Waals surface area contributed by atoms with E-state index in [0.29, 0.717) is 19.3 Å². The lowest BCUT2D eigenvalue weighted by Gasteiger charge is -2.18. The Labute approximate surface area is 491 Å². The molecular formula is C73H130O6. The van der Waals surface area contributed by atoms with E-state index >= 15 is 0 Å². The molecule has 0 rings (SSSR count). The molecule has 0 heterocycles. The van der Waals surface area contributed by atoms with Crippen molar-refractivity contribution in [3.8, 4) is 0 Å². The predicted molar refractivity (Wildman–Crippen MR) is 344 cm³/mol. The minimum absolute atomic E-state index is 0.0770. The van der Waals surface area contributed by atoms with Crippen molar-refractivity contribution in [2.45, 2.75) is 361 Å². The Morgan fingerprint density at radius 2 is 0.494 bits per heavy atom. The molecule has 458 valence electrons. The first-order chi connectivity index (χ1) is 39.0. The molecular weight excluding hydrogens is 973 g/mol. The van der Waals surface area contributed by atoms with E-state index in [0.717, 1.165) is 103 Å². The Morgan fingerprint density at radius 1 is 0.266 bits per heavy atom. The van der Waals surface area contributed by atoms with Gasteiger partial charge in [-0.3, -0.25) is 14.4 Å². The van der Waals surface area contributed by atoms with Crippen LogP contribution >= 0.6 is 0 Å². The van der Waals surface area contributed by atoms with Crippen LogP contribution in [0.4, 0.5) is 0 Å². The average Bonchev–Trinajstić information content (AvgIpc) is 3.45. The second kappa shape index (κ2) is 67.4. The molecule has 0 amide bonds. The summed E-state index contributed by atoms with van der Waals surface area (Å²) in [7, 11) is 0. The molecule has 1 unspecified atom stereocenters. The summed E-state index contributed by atoms with van der Waals surface area (Å²) in [6.07, 6.45) is 88.1. The summed E-state index contributed by atoms with van der Waals surface area (Å²) >= 11 is 0. The van der Waals surface area contributed by atoms with Gasteiger partial charge in [0.2, 0.25) is 0 Å². The van der Waals surface area contributed by atoms with Gasteiger partial charge in [-0.1, -0.05) is 318 Å². The third-order valence-electron chi connectivity index (χ3n) is 15.2. The SMILES string of the molecule is CC/C=C\C/C=C\C/C=C\C/C=C\CCCCCCCCC(=O)OC(COC(=O)CCCCCCCCCCC)COC(=O)CCCCCCCCCCCCCCCCCCCCCCC/C=C\C/C=C\CCCCCCC. The number of hydrogen-bond donors (Lipinski definition) is 0. The molecule has 0 radical (unpaired) electrons. The van der Waals surface area contributed by atoms with E-state index in [9.17, 15) is 14.4 Å². The second-order valence-electron chi connectivity index (χ2n) is 23.1. The smallest absolute Gasteiger partial charge is 0.306 e. The number of rotatable bonds is 63. The van der Waals surface area contributed by atoms with Crippen LogP contribution < -0.4 is 0 Å². The van der Waals surface area contributed by atoms with E-state index in [2.05, 4.69) is 93.7 Å². The van der Waals surface area contributed by atoms with Gasteiger partial charge in [0.1, 0.15) is 13.2 Å². The maximum atomic E-state index is 12.9. The van der Waals surface area contributed by atoms with E-state index in [1.807, 2.05) is 0 Å². The molecule has 0 aliphatic carbocycles. The number of carbonyl (C=O) groups is 3. The van der Waals surface area contributed by atoms with Crippen LogP contribution in [0.3, 0.4) is 0 Å². The normalized spacial score (nSPS) is 12.5. The van der Waals surface area contributed by atoms with E-state index in [1.54, 1.807) is 0 Å². The lowest BCUT2D eigenvalue weighted by Crippen LogP contribution is -2.30.